The Labute approximate surface area is 179 Å². The third-order valence-electron chi connectivity index (χ3n) is 5.67. The van der Waals surface area contributed by atoms with Crippen molar-refractivity contribution in [2.24, 2.45) is 10.9 Å². The van der Waals surface area contributed by atoms with Gasteiger partial charge in [0, 0.05) is 13.1 Å². The van der Waals surface area contributed by atoms with Crippen molar-refractivity contribution in [1.82, 2.24) is 4.90 Å². The molecule has 1 unspecified atom stereocenters. The van der Waals surface area contributed by atoms with Gasteiger partial charge < -0.3 is 9.64 Å². The summed E-state index contributed by atoms with van der Waals surface area (Å²) in [6.07, 6.45) is 2.02. The van der Waals surface area contributed by atoms with Gasteiger partial charge in [0.2, 0.25) is 0 Å². The third-order valence-corrected chi connectivity index (χ3v) is 5.67. The molecule has 0 bridgehead atoms. The summed E-state index contributed by atoms with van der Waals surface area (Å²) >= 11 is 0. The van der Waals surface area contributed by atoms with E-state index in [0.29, 0.717) is 30.1 Å². The molecule has 1 amide bonds. The molecule has 2 heterocycles. The van der Waals surface area contributed by atoms with Crippen LogP contribution < -0.4 is 4.74 Å². The molecule has 0 spiro atoms. The molecule has 2 aromatic carbocycles. The highest BCUT2D eigenvalue weighted by Crippen LogP contribution is 2.35. The molecule has 1 saturated heterocycles. The fourth-order valence-electron chi connectivity index (χ4n) is 3.97. The second-order valence-corrected chi connectivity index (χ2v) is 7.60. The van der Waals surface area contributed by atoms with Crippen LogP contribution in [-0.2, 0) is 11.2 Å². The predicted octanol–water partition coefficient (Wildman–Crippen LogP) is 4.17. The molecule has 158 valence electrons. The third kappa shape index (κ3) is 4.06. The van der Waals surface area contributed by atoms with Gasteiger partial charge >= 0.3 is 0 Å². The van der Waals surface area contributed by atoms with E-state index in [9.17, 15) is 9.18 Å². The Kier molecular flexibility index (Phi) is 5.81. The molecule has 0 aromatic heterocycles. The lowest BCUT2D eigenvalue weighted by Crippen LogP contribution is -2.28. The van der Waals surface area contributed by atoms with Crippen LogP contribution in [-0.4, -0.2) is 36.7 Å². The average Bonchev–Trinajstić information content (AvgIpc) is 3.43. The van der Waals surface area contributed by atoms with Crippen molar-refractivity contribution in [3.8, 4) is 11.8 Å². The number of carbonyl (C=O) groups is 1. The van der Waals surface area contributed by atoms with Gasteiger partial charge in [0.05, 0.1) is 24.3 Å². The molecular formula is C24H21F2N3O2. The number of likely N-dealkylation sites (tertiary alicyclic amines) is 1. The monoisotopic (exact) mass is 421 g/mol. The second kappa shape index (κ2) is 8.68. The van der Waals surface area contributed by atoms with Gasteiger partial charge in [0.15, 0.2) is 5.70 Å². The van der Waals surface area contributed by atoms with Crippen LogP contribution in [0, 0.1) is 23.1 Å². The molecule has 0 saturated carbocycles. The summed E-state index contributed by atoms with van der Waals surface area (Å²) in [6, 6.07) is 13.0. The van der Waals surface area contributed by atoms with Crippen molar-refractivity contribution in [3.63, 3.8) is 0 Å². The molecular weight excluding hydrogens is 400 g/mol. The Morgan fingerprint density at radius 3 is 2.52 bits per heavy atom. The molecule has 1 atom stereocenters. The van der Waals surface area contributed by atoms with Crippen LogP contribution in [0.1, 0.15) is 29.5 Å². The van der Waals surface area contributed by atoms with E-state index in [1.807, 2.05) is 12.1 Å². The van der Waals surface area contributed by atoms with Crippen LogP contribution in [0.3, 0.4) is 0 Å². The molecule has 2 aliphatic heterocycles. The number of aliphatic imine (C=N–C) groups is 1. The number of amides is 1. The standard InChI is InChI=1S/C24H21F2N3O2/c1-31-18-8-4-15(5-9-18)12-19-21(26)23(24(30)29-10-2-3-11-29)28-22(19)16-6-7-17(14-27)20(25)13-16/h4-9,13,19H,2-3,10-12H2,1H3. The van der Waals surface area contributed by atoms with E-state index in [0.717, 1.165) is 18.4 Å². The lowest BCUT2D eigenvalue weighted by atomic mass is 9.90. The number of methoxy groups -OCH3 is 1. The Morgan fingerprint density at radius 2 is 1.90 bits per heavy atom. The molecule has 2 aliphatic rings. The number of halogens is 2. The zero-order chi connectivity index (χ0) is 22.0. The van der Waals surface area contributed by atoms with E-state index in [1.54, 1.807) is 30.2 Å². The first-order chi connectivity index (χ1) is 15.0. The summed E-state index contributed by atoms with van der Waals surface area (Å²) in [6.45, 7) is 1.16. The van der Waals surface area contributed by atoms with Crippen LogP contribution in [0.2, 0.25) is 0 Å². The number of hydrogen-bond acceptors (Lipinski definition) is 4. The summed E-state index contributed by atoms with van der Waals surface area (Å²) in [5.74, 6) is -1.88. The van der Waals surface area contributed by atoms with Crippen molar-refractivity contribution >= 4 is 11.6 Å². The molecule has 0 radical (unpaired) electrons. The highest BCUT2D eigenvalue weighted by atomic mass is 19.1. The van der Waals surface area contributed by atoms with E-state index in [4.69, 9.17) is 10.00 Å². The van der Waals surface area contributed by atoms with Crippen molar-refractivity contribution in [1.29, 1.82) is 5.26 Å². The van der Waals surface area contributed by atoms with Crippen LogP contribution in [0.25, 0.3) is 0 Å². The molecule has 7 heteroatoms. The summed E-state index contributed by atoms with van der Waals surface area (Å²) in [5.41, 5.74) is 1.17. The first kappa shape index (κ1) is 20.7. The highest BCUT2D eigenvalue weighted by Gasteiger charge is 2.36. The topological polar surface area (TPSA) is 65.7 Å². The molecule has 31 heavy (non-hydrogen) atoms. The quantitative estimate of drug-likeness (QED) is 0.728. The van der Waals surface area contributed by atoms with Crippen LogP contribution in [0.5, 0.6) is 5.75 Å². The van der Waals surface area contributed by atoms with Crippen molar-refractivity contribution in [2.45, 2.75) is 19.3 Å². The van der Waals surface area contributed by atoms with E-state index in [1.165, 1.54) is 18.2 Å². The number of carbonyl (C=O) groups excluding carboxylic acids is 1. The zero-order valence-electron chi connectivity index (χ0n) is 17.1. The van der Waals surface area contributed by atoms with Gasteiger partial charge in [-0.3, -0.25) is 4.79 Å². The van der Waals surface area contributed by atoms with Gasteiger partial charge in [-0.15, -0.1) is 0 Å². The number of benzene rings is 2. The van der Waals surface area contributed by atoms with E-state index >= 15 is 4.39 Å². The number of hydrogen-bond donors (Lipinski definition) is 0. The summed E-state index contributed by atoms with van der Waals surface area (Å²) in [4.78, 5) is 18.8. The zero-order valence-corrected chi connectivity index (χ0v) is 17.1. The largest absolute Gasteiger partial charge is 0.497 e. The minimum absolute atomic E-state index is 0.101. The maximum atomic E-state index is 15.5. The average molecular weight is 421 g/mol. The maximum absolute atomic E-state index is 15.5. The van der Waals surface area contributed by atoms with Gasteiger partial charge in [-0.25, -0.2) is 13.8 Å². The van der Waals surface area contributed by atoms with Crippen molar-refractivity contribution < 1.29 is 18.3 Å². The minimum atomic E-state index is -0.817. The SMILES string of the molecule is COc1ccc(CC2C(c3ccc(C#N)c(F)c3)=NC(C(=O)N3CCCC3)=C2F)cc1. The summed E-state index contributed by atoms with van der Waals surface area (Å²) in [5, 5.41) is 8.99. The Balaban J connectivity index is 1.71. The number of nitrogens with zero attached hydrogens (tertiary/aromatic N) is 3. The fraction of sp³-hybridized carbons (Fsp3) is 0.292. The molecule has 0 N–H and O–H groups in total. The van der Waals surface area contributed by atoms with E-state index < -0.39 is 23.5 Å². The lowest BCUT2D eigenvalue weighted by molar-refractivity contribution is -0.126. The van der Waals surface area contributed by atoms with Gasteiger partial charge in [-0.2, -0.15) is 5.26 Å². The van der Waals surface area contributed by atoms with Gasteiger partial charge in [0.25, 0.3) is 5.91 Å². The van der Waals surface area contributed by atoms with Crippen molar-refractivity contribution in [2.75, 3.05) is 20.2 Å². The predicted molar refractivity (Wildman–Crippen MR) is 112 cm³/mol. The van der Waals surface area contributed by atoms with Gasteiger partial charge in [0.1, 0.15) is 23.5 Å². The van der Waals surface area contributed by atoms with Gasteiger partial charge in [-0.1, -0.05) is 18.2 Å². The Hall–Kier alpha value is -3.53. The number of rotatable bonds is 5. The molecule has 5 nitrogen and oxygen atoms in total. The first-order valence-electron chi connectivity index (χ1n) is 10.1. The van der Waals surface area contributed by atoms with E-state index in [2.05, 4.69) is 4.99 Å². The second-order valence-electron chi connectivity index (χ2n) is 7.60. The van der Waals surface area contributed by atoms with Crippen LogP contribution >= 0.6 is 0 Å². The summed E-state index contributed by atoms with van der Waals surface area (Å²) < 4.78 is 34.9. The van der Waals surface area contributed by atoms with Crippen LogP contribution in [0.4, 0.5) is 8.78 Å². The number of nitriles is 1. The van der Waals surface area contributed by atoms with Crippen LogP contribution in [0.15, 0.2) is 59.0 Å². The number of allylic oxidation sites excluding steroid dienone is 1. The van der Waals surface area contributed by atoms with Gasteiger partial charge in [-0.05, 0) is 54.7 Å². The summed E-state index contributed by atoms with van der Waals surface area (Å²) in [7, 11) is 1.56. The lowest BCUT2D eigenvalue weighted by Gasteiger charge is -2.15. The molecule has 1 fully saturated rings. The Morgan fingerprint density at radius 1 is 1.19 bits per heavy atom. The van der Waals surface area contributed by atoms with Crippen molar-refractivity contribution in [3.05, 3.63) is 76.5 Å². The molecule has 4 rings (SSSR count). The molecule has 2 aromatic rings. The van der Waals surface area contributed by atoms with E-state index in [-0.39, 0.29) is 17.7 Å². The molecule has 0 aliphatic carbocycles. The normalized spacial score (nSPS) is 18.2. The fourth-order valence-corrected chi connectivity index (χ4v) is 3.97. The smallest absolute Gasteiger partial charge is 0.275 e. The Bertz CT molecular complexity index is 1110. The number of ether oxygens (including phenoxy) is 1. The minimum Gasteiger partial charge on any atom is -0.497 e. The first-order valence-corrected chi connectivity index (χ1v) is 10.1. The highest BCUT2D eigenvalue weighted by molar-refractivity contribution is 6.11. The maximum Gasteiger partial charge on any atom is 0.275 e.